The topological polar surface area (TPSA) is 118 Å². The Morgan fingerprint density at radius 1 is 1.13 bits per heavy atom. The number of nitrogens with one attached hydrogen (secondary N) is 1. The average Bonchev–Trinajstić information content (AvgIpc) is 3.57. The van der Waals surface area contributed by atoms with Crippen molar-refractivity contribution in [2.75, 3.05) is 6.54 Å². The number of nitrogens with zero attached hydrogens (tertiary/aromatic N) is 7. The molecule has 0 saturated heterocycles. The Labute approximate surface area is 175 Å². The van der Waals surface area contributed by atoms with Crippen LogP contribution in [0, 0.1) is 0 Å². The maximum atomic E-state index is 13.4. The fourth-order valence-corrected chi connectivity index (χ4v) is 3.91. The summed E-state index contributed by atoms with van der Waals surface area (Å²) in [5, 5.41) is 12.7. The van der Waals surface area contributed by atoms with Gasteiger partial charge in [-0.2, -0.15) is 5.10 Å². The fourth-order valence-electron chi connectivity index (χ4n) is 3.91. The molecule has 10 nitrogen and oxygen atoms in total. The Hall–Kier alpha value is -4.34. The van der Waals surface area contributed by atoms with Crippen LogP contribution in [0.2, 0.25) is 0 Å². The quantitative estimate of drug-likeness (QED) is 0.483. The van der Waals surface area contributed by atoms with E-state index in [-0.39, 0.29) is 17.7 Å². The molecule has 31 heavy (non-hydrogen) atoms. The van der Waals surface area contributed by atoms with E-state index in [1.807, 2.05) is 36.5 Å². The third kappa shape index (κ3) is 2.88. The molecule has 0 fully saturated rings. The van der Waals surface area contributed by atoms with Crippen molar-refractivity contribution < 1.29 is 9.21 Å². The van der Waals surface area contributed by atoms with Crippen LogP contribution in [-0.2, 0) is 6.42 Å². The first-order chi connectivity index (χ1) is 15.3. The van der Waals surface area contributed by atoms with Gasteiger partial charge in [-0.25, -0.2) is 9.50 Å². The number of hydrogen-bond donors (Lipinski definition) is 1. The highest BCUT2D eigenvalue weighted by atomic mass is 16.4. The molecule has 1 amide bonds. The SMILES string of the molecule is O=C(c1nnc(-c2ccccn2)o1)N1CCc2[nH]cnc2C1c1cc2ccccn2n1. The van der Waals surface area contributed by atoms with Gasteiger partial charge in [0.05, 0.1) is 23.2 Å². The number of carbonyl (C=O) groups is 1. The van der Waals surface area contributed by atoms with Crippen LogP contribution < -0.4 is 0 Å². The van der Waals surface area contributed by atoms with E-state index in [1.54, 1.807) is 34.1 Å². The fraction of sp³-hybridized carbons (Fsp3) is 0.143. The Bertz CT molecular complexity index is 1350. The summed E-state index contributed by atoms with van der Waals surface area (Å²) >= 11 is 0. The third-order valence-electron chi connectivity index (χ3n) is 5.35. The van der Waals surface area contributed by atoms with Crippen LogP contribution in [0.5, 0.6) is 0 Å². The van der Waals surface area contributed by atoms with Gasteiger partial charge < -0.3 is 14.3 Å². The van der Waals surface area contributed by atoms with Crippen molar-refractivity contribution in [1.29, 1.82) is 0 Å². The molecule has 0 aliphatic carbocycles. The highest BCUT2D eigenvalue weighted by Gasteiger charge is 2.38. The molecule has 152 valence electrons. The summed E-state index contributed by atoms with van der Waals surface area (Å²) < 4.78 is 7.45. The van der Waals surface area contributed by atoms with E-state index in [9.17, 15) is 4.79 Å². The van der Waals surface area contributed by atoms with Gasteiger partial charge in [0, 0.05) is 31.1 Å². The largest absolute Gasteiger partial charge is 0.411 e. The second-order valence-corrected chi connectivity index (χ2v) is 7.18. The number of rotatable bonds is 3. The van der Waals surface area contributed by atoms with Crippen LogP contribution in [0.1, 0.15) is 33.8 Å². The van der Waals surface area contributed by atoms with Crippen molar-refractivity contribution >= 4 is 11.4 Å². The minimum Gasteiger partial charge on any atom is -0.411 e. The number of carbonyl (C=O) groups excluding carboxylic acids is 1. The summed E-state index contributed by atoms with van der Waals surface area (Å²) in [5.74, 6) is -0.260. The molecule has 0 aromatic carbocycles. The van der Waals surface area contributed by atoms with Gasteiger partial charge in [-0.15, -0.1) is 10.2 Å². The van der Waals surface area contributed by atoms with Crippen LogP contribution in [0.3, 0.4) is 0 Å². The summed E-state index contributed by atoms with van der Waals surface area (Å²) in [4.78, 5) is 26.9. The lowest BCUT2D eigenvalue weighted by Gasteiger charge is -2.32. The second kappa shape index (κ2) is 6.87. The molecule has 5 aromatic rings. The molecular weight excluding hydrogens is 396 g/mol. The summed E-state index contributed by atoms with van der Waals surface area (Å²) in [6, 6.07) is 12.7. The lowest BCUT2D eigenvalue weighted by atomic mass is 9.99. The summed E-state index contributed by atoms with van der Waals surface area (Å²) in [6.45, 7) is 0.466. The molecular formula is C21H16N8O2. The zero-order chi connectivity index (χ0) is 20.8. The standard InChI is InChI=1S/C21H16N8O2/c30-21(20-26-25-19(31-20)15-6-1-3-8-22-15)28-10-7-14-17(24-12-23-14)18(28)16-11-13-5-2-4-9-29(13)27-16/h1-6,8-9,11-12,18H,7,10H2,(H,23,24). The molecule has 0 bridgehead atoms. The van der Waals surface area contributed by atoms with E-state index in [4.69, 9.17) is 4.42 Å². The van der Waals surface area contributed by atoms with E-state index in [1.165, 1.54) is 0 Å². The van der Waals surface area contributed by atoms with Gasteiger partial charge in [0.2, 0.25) is 0 Å². The lowest BCUT2D eigenvalue weighted by molar-refractivity contribution is 0.0646. The van der Waals surface area contributed by atoms with Gasteiger partial charge in [0.1, 0.15) is 11.7 Å². The molecule has 0 saturated carbocycles. The summed E-state index contributed by atoms with van der Waals surface area (Å²) in [7, 11) is 0. The minimum atomic E-state index is -0.465. The van der Waals surface area contributed by atoms with Crippen molar-refractivity contribution in [1.82, 2.24) is 39.7 Å². The first-order valence-electron chi connectivity index (χ1n) is 9.80. The van der Waals surface area contributed by atoms with Gasteiger partial charge in [-0.3, -0.25) is 9.78 Å². The van der Waals surface area contributed by atoms with Crippen LogP contribution in [0.15, 0.2) is 65.6 Å². The molecule has 6 rings (SSSR count). The van der Waals surface area contributed by atoms with Gasteiger partial charge in [0.15, 0.2) is 0 Å². The molecule has 1 unspecified atom stereocenters. The van der Waals surface area contributed by atoms with Gasteiger partial charge in [0.25, 0.3) is 5.89 Å². The van der Waals surface area contributed by atoms with Gasteiger partial charge in [-0.1, -0.05) is 12.1 Å². The normalized spacial score (nSPS) is 15.9. The number of pyridine rings is 2. The summed E-state index contributed by atoms with van der Waals surface area (Å²) in [5.41, 5.74) is 3.93. The number of hydrogen-bond acceptors (Lipinski definition) is 7. The zero-order valence-electron chi connectivity index (χ0n) is 16.2. The molecule has 6 heterocycles. The van der Waals surface area contributed by atoms with E-state index >= 15 is 0 Å². The van der Waals surface area contributed by atoms with Crippen LogP contribution in [0.25, 0.3) is 17.1 Å². The first kappa shape index (κ1) is 17.5. The number of fused-ring (bicyclic) bond motifs is 2. The minimum absolute atomic E-state index is 0.0894. The zero-order valence-corrected chi connectivity index (χ0v) is 16.2. The molecule has 1 atom stereocenters. The number of aromatic nitrogens is 7. The smallest absolute Gasteiger partial charge is 0.312 e. The van der Waals surface area contributed by atoms with Gasteiger partial charge >= 0.3 is 11.8 Å². The highest BCUT2D eigenvalue weighted by molar-refractivity contribution is 5.90. The molecule has 10 heteroatoms. The number of imidazole rings is 1. The second-order valence-electron chi connectivity index (χ2n) is 7.18. The molecule has 1 aliphatic heterocycles. The monoisotopic (exact) mass is 412 g/mol. The Kier molecular flexibility index (Phi) is 3.88. The van der Waals surface area contributed by atoms with Crippen molar-refractivity contribution in [3.63, 3.8) is 0 Å². The van der Waals surface area contributed by atoms with Crippen LogP contribution in [-0.4, -0.2) is 52.1 Å². The summed E-state index contributed by atoms with van der Waals surface area (Å²) in [6.07, 6.45) is 5.79. The van der Waals surface area contributed by atoms with E-state index in [0.717, 1.165) is 22.6 Å². The van der Waals surface area contributed by atoms with Crippen molar-refractivity contribution in [3.05, 3.63) is 84.2 Å². The molecule has 0 radical (unpaired) electrons. The van der Waals surface area contributed by atoms with E-state index in [2.05, 4.69) is 30.2 Å². The van der Waals surface area contributed by atoms with Gasteiger partial charge in [-0.05, 0) is 30.3 Å². The maximum Gasteiger partial charge on any atom is 0.312 e. The molecule has 1 aliphatic rings. The first-order valence-corrected chi connectivity index (χ1v) is 9.80. The Morgan fingerprint density at radius 3 is 2.94 bits per heavy atom. The average molecular weight is 412 g/mol. The van der Waals surface area contributed by atoms with Crippen molar-refractivity contribution in [2.45, 2.75) is 12.5 Å². The number of aromatic amines is 1. The predicted molar refractivity (Wildman–Crippen MR) is 108 cm³/mol. The predicted octanol–water partition coefficient (Wildman–Crippen LogP) is 2.29. The Morgan fingerprint density at radius 2 is 2.06 bits per heavy atom. The van der Waals surface area contributed by atoms with Crippen LogP contribution >= 0.6 is 0 Å². The van der Waals surface area contributed by atoms with E-state index < -0.39 is 6.04 Å². The lowest BCUT2D eigenvalue weighted by Crippen LogP contribution is -2.41. The number of H-pyrrole nitrogens is 1. The van der Waals surface area contributed by atoms with Crippen molar-refractivity contribution in [2.24, 2.45) is 0 Å². The number of amides is 1. The Balaban J connectivity index is 1.40. The van der Waals surface area contributed by atoms with E-state index in [0.29, 0.717) is 18.7 Å². The molecule has 0 spiro atoms. The molecule has 5 aromatic heterocycles. The van der Waals surface area contributed by atoms with Crippen molar-refractivity contribution in [3.8, 4) is 11.6 Å². The maximum absolute atomic E-state index is 13.4. The highest BCUT2D eigenvalue weighted by Crippen LogP contribution is 2.34. The molecule has 1 N–H and O–H groups in total. The third-order valence-corrected chi connectivity index (χ3v) is 5.35. The van der Waals surface area contributed by atoms with Crippen LogP contribution in [0.4, 0.5) is 0 Å².